The van der Waals surface area contributed by atoms with Gasteiger partial charge in [0.1, 0.15) is 11.8 Å². The lowest BCUT2D eigenvalue weighted by Crippen LogP contribution is -2.49. The molecule has 0 unspecified atom stereocenters. The molecular formula is C24H29N5O4. The quantitative estimate of drug-likeness (QED) is 0.596. The summed E-state index contributed by atoms with van der Waals surface area (Å²) in [7, 11) is 0. The molecule has 3 aromatic rings. The fourth-order valence-electron chi connectivity index (χ4n) is 4.35. The van der Waals surface area contributed by atoms with E-state index in [2.05, 4.69) is 10.4 Å². The standard InChI is InChI=1S/C24H29N5O4/c1-17(19-6-4-3-5-7-19)12-22(31)27-10-8-24(33,9-11-27)15-28-16-25-29-14-20(26-18(2)30)13-21(29)23(28)32/h3-7,13-14,16-17,33H,8-12,15H2,1-2H3,(H,26,30)/t17-/m1/s1. The van der Waals surface area contributed by atoms with Crippen LogP contribution < -0.4 is 10.9 Å². The highest BCUT2D eigenvalue weighted by Gasteiger charge is 2.35. The van der Waals surface area contributed by atoms with Crippen LogP contribution in [0, 0.1) is 0 Å². The molecule has 1 saturated heterocycles. The number of rotatable bonds is 6. The number of anilines is 1. The first-order valence-electron chi connectivity index (χ1n) is 11.1. The first kappa shape index (κ1) is 22.7. The molecule has 2 amide bonds. The van der Waals surface area contributed by atoms with Gasteiger partial charge in [-0.3, -0.25) is 19.0 Å². The number of amides is 2. The number of hydrogen-bond donors (Lipinski definition) is 2. The number of carbonyl (C=O) groups is 2. The van der Waals surface area contributed by atoms with Gasteiger partial charge in [0.15, 0.2) is 0 Å². The Hall–Kier alpha value is -3.46. The van der Waals surface area contributed by atoms with Crippen molar-refractivity contribution in [2.75, 3.05) is 18.4 Å². The summed E-state index contributed by atoms with van der Waals surface area (Å²) >= 11 is 0. The van der Waals surface area contributed by atoms with Crippen LogP contribution in [-0.4, -0.2) is 54.7 Å². The maximum atomic E-state index is 12.9. The minimum Gasteiger partial charge on any atom is -0.388 e. The maximum Gasteiger partial charge on any atom is 0.277 e. The number of fused-ring (bicyclic) bond motifs is 1. The smallest absolute Gasteiger partial charge is 0.277 e. The molecule has 1 aliphatic heterocycles. The molecule has 1 aromatic carbocycles. The van der Waals surface area contributed by atoms with E-state index in [4.69, 9.17) is 0 Å². The summed E-state index contributed by atoms with van der Waals surface area (Å²) in [6.45, 7) is 4.42. The summed E-state index contributed by atoms with van der Waals surface area (Å²) in [5, 5.41) is 18.0. The second-order valence-corrected chi connectivity index (χ2v) is 8.92. The Labute approximate surface area is 191 Å². The highest BCUT2D eigenvalue weighted by Crippen LogP contribution is 2.26. The molecule has 0 radical (unpaired) electrons. The summed E-state index contributed by atoms with van der Waals surface area (Å²) in [5.74, 6) is -0.0346. The molecular weight excluding hydrogens is 422 g/mol. The van der Waals surface area contributed by atoms with Crippen LogP contribution in [0.15, 0.2) is 53.7 Å². The largest absolute Gasteiger partial charge is 0.388 e. The number of piperidine rings is 1. The molecule has 0 spiro atoms. The van der Waals surface area contributed by atoms with Crippen molar-refractivity contribution in [1.29, 1.82) is 0 Å². The van der Waals surface area contributed by atoms with Crippen molar-refractivity contribution in [2.24, 2.45) is 0 Å². The van der Waals surface area contributed by atoms with E-state index >= 15 is 0 Å². The summed E-state index contributed by atoms with van der Waals surface area (Å²) in [6.07, 6.45) is 4.15. The van der Waals surface area contributed by atoms with Gasteiger partial charge in [-0.1, -0.05) is 37.3 Å². The van der Waals surface area contributed by atoms with Gasteiger partial charge in [-0.15, -0.1) is 0 Å². The van der Waals surface area contributed by atoms with E-state index in [1.54, 1.807) is 17.2 Å². The van der Waals surface area contributed by atoms with Gasteiger partial charge in [0, 0.05) is 26.4 Å². The number of carbonyl (C=O) groups excluding carboxylic acids is 2. The van der Waals surface area contributed by atoms with E-state index in [1.165, 1.54) is 22.3 Å². The summed E-state index contributed by atoms with van der Waals surface area (Å²) < 4.78 is 2.80. The molecule has 9 nitrogen and oxygen atoms in total. The van der Waals surface area contributed by atoms with E-state index in [1.807, 2.05) is 37.3 Å². The number of nitrogens with one attached hydrogen (secondary N) is 1. The fourth-order valence-corrected chi connectivity index (χ4v) is 4.35. The van der Waals surface area contributed by atoms with Gasteiger partial charge < -0.3 is 15.3 Å². The molecule has 0 aliphatic carbocycles. The summed E-state index contributed by atoms with van der Waals surface area (Å²) in [6, 6.07) is 11.5. The molecule has 9 heteroatoms. The van der Waals surface area contributed by atoms with Crippen molar-refractivity contribution in [3.8, 4) is 0 Å². The average molecular weight is 452 g/mol. The minimum absolute atomic E-state index is 0.0762. The molecule has 2 aromatic heterocycles. The van der Waals surface area contributed by atoms with Crippen LogP contribution in [0.1, 0.15) is 44.6 Å². The number of nitrogens with zero attached hydrogens (tertiary/aromatic N) is 4. The van der Waals surface area contributed by atoms with Crippen LogP contribution in [-0.2, 0) is 16.1 Å². The van der Waals surface area contributed by atoms with Crippen LogP contribution in [0.3, 0.4) is 0 Å². The topological polar surface area (TPSA) is 109 Å². The number of aromatic nitrogens is 3. The molecule has 3 heterocycles. The van der Waals surface area contributed by atoms with E-state index < -0.39 is 5.60 Å². The predicted molar refractivity (Wildman–Crippen MR) is 124 cm³/mol. The van der Waals surface area contributed by atoms with Crippen LogP contribution in [0.25, 0.3) is 5.52 Å². The van der Waals surface area contributed by atoms with Gasteiger partial charge in [-0.25, -0.2) is 4.52 Å². The number of aliphatic hydroxyl groups is 1. The van der Waals surface area contributed by atoms with Crippen LogP contribution >= 0.6 is 0 Å². The van der Waals surface area contributed by atoms with Gasteiger partial charge in [0.05, 0.1) is 24.0 Å². The van der Waals surface area contributed by atoms with Crippen molar-refractivity contribution in [1.82, 2.24) is 19.1 Å². The third-order valence-corrected chi connectivity index (χ3v) is 6.28. The van der Waals surface area contributed by atoms with Crippen molar-refractivity contribution in [3.63, 3.8) is 0 Å². The highest BCUT2D eigenvalue weighted by atomic mass is 16.3. The second-order valence-electron chi connectivity index (χ2n) is 8.92. The normalized spacial score (nSPS) is 16.5. The molecule has 1 fully saturated rings. The van der Waals surface area contributed by atoms with Crippen LogP contribution in [0.5, 0.6) is 0 Å². The molecule has 0 bridgehead atoms. The lowest BCUT2D eigenvalue weighted by molar-refractivity contribution is -0.136. The molecule has 0 saturated carbocycles. The second kappa shape index (κ2) is 9.19. The summed E-state index contributed by atoms with van der Waals surface area (Å²) in [4.78, 5) is 38.7. The Morgan fingerprint density at radius 3 is 2.58 bits per heavy atom. The SMILES string of the molecule is CC(=O)Nc1cc2c(=O)n(CC3(O)CCN(C(=O)C[C@@H](C)c4ccccc4)CC3)cnn2c1. The predicted octanol–water partition coefficient (Wildman–Crippen LogP) is 2.00. The zero-order chi connectivity index (χ0) is 23.6. The Morgan fingerprint density at radius 2 is 1.91 bits per heavy atom. The molecule has 1 aliphatic rings. The van der Waals surface area contributed by atoms with E-state index in [-0.39, 0.29) is 29.8 Å². The van der Waals surface area contributed by atoms with Gasteiger partial charge in [-0.2, -0.15) is 5.10 Å². The van der Waals surface area contributed by atoms with Gasteiger partial charge >= 0.3 is 0 Å². The van der Waals surface area contributed by atoms with Crippen LogP contribution in [0.4, 0.5) is 5.69 Å². The Kier molecular flexibility index (Phi) is 6.33. The third kappa shape index (κ3) is 5.14. The summed E-state index contributed by atoms with van der Waals surface area (Å²) in [5.41, 5.74) is 0.532. The Balaban J connectivity index is 1.39. The number of hydrogen-bond acceptors (Lipinski definition) is 5. The van der Waals surface area contributed by atoms with E-state index in [0.717, 1.165) is 5.56 Å². The molecule has 174 valence electrons. The van der Waals surface area contributed by atoms with Crippen molar-refractivity contribution >= 4 is 23.0 Å². The first-order chi connectivity index (χ1) is 15.7. The number of likely N-dealkylation sites (tertiary alicyclic amines) is 1. The minimum atomic E-state index is -1.10. The molecule has 33 heavy (non-hydrogen) atoms. The average Bonchev–Trinajstić information content (AvgIpc) is 3.19. The third-order valence-electron chi connectivity index (χ3n) is 6.28. The highest BCUT2D eigenvalue weighted by molar-refractivity contribution is 5.89. The Bertz CT molecular complexity index is 1210. The maximum absolute atomic E-state index is 12.9. The monoisotopic (exact) mass is 451 g/mol. The molecule has 2 N–H and O–H groups in total. The van der Waals surface area contributed by atoms with E-state index in [9.17, 15) is 19.5 Å². The van der Waals surface area contributed by atoms with Gasteiger partial charge in [0.25, 0.3) is 5.56 Å². The van der Waals surface area contributed by atoms with Crippen molar-refractivity contribution in [2.45, 2.75) is 51.2 Å². The zero-order valence-corrected chi connectivity index (χ0v) is 18.9. The van der Waals surface area contributed by atoms with Gasteiger partial charge in [-0.05, 0) is 30.4 Å². The zero-order valence-electron chi connectivity index (χ0n) is 18.9. The van der Waals surface area contributed by atoms with Crippen LogP contribution in [0.2, 0.25) is 0 Å². The fraction of sp³-hybridized carbons (Fsp3) is 0.417. The molecule has 4 rings (SSSR count). The number of benzene rings is 1. The van der Waals surface area contributed by atoms with Gasteiger partial charge in [0.2, 0.25) is 11.8 Å². The lowest BCUT2D eigenvalue weighted by atomic mass is 9.90. The van der Waals surface area contributed by atoms with Crippen molar-refractivity contribution in [3.05, 3.63) is 64.8 Å². The van der Waals surface area contributed by atoms with Crippen molar-refractivity contribution < 1.29 is 14.7 Å². The van der Waals surface area contributed by atoms with E-state index in [0.29, 0.717) is 43.6 Å². The Morgan fingerprint density at radius 1 is 1.21 bits per heavy atom. The first-order valence-corrected chi connectivity index (χ1v) is 11.1. The lowest BCUT2D eigenvalue weighted by Gasteiger charge is -2.38. The molecule has 1 atom stereocenters.